The van der Waals surface area contributed by atoms with E-state index < -0.39 is 0 Å². The summed E-state index contributed by atoms with van der Waals surface area (Å²) < 4.78 is 3.53. The molecule has 6 heteroatoms. The first-order chi connectivity index (χ1) is 18.7. The second-order valence-electron chi connectivity index (χ2n) is 9.26. The fourth-order valence-corrected chi connectivity index (χ4v) is 8.48. The van der Waals surface area contributed by atoms with E-state index in [-0.39, 0.29) is 10.9 Å². The van der Waals surface area contributed by atoms with Crippen LogP contribution in [0.5, 0.6) is 0 Å². The van der Waals surface area contributed by atoms with Gasteiger partial charge in [0.05, 0.1) is 11.4 Å². The van der Waals surface area contributed by atoms with Crippen molar-refractivity contribution in [3.8, 4) is 0 Å². The van der Waals surface area contributed by atoms with Gasteiger partial charge in [0.15, 0.2) is 10.9 Å². The molecule has 3 heterocycles. The van der Waals surface area contributed by atoms with Crippen molar-refractivity contribution in [2.24, 2.45) is 0 Å². The number of nitrogens with zero attached hydrogens (tertiary/aromatic N) is 1. The Morgan fingerprint density at radius 1 is 0.474 bits per heavy atom. The van der Waals surface area contributed by atoms with Crippen LogP contribution in [0.2, 0.25) is 0 Å². The zero-order valence-electron chi connectivity index (χ0n) is 19.8. The van der Waals surface area contributed by atoms with Gasteiger partial charge in [0.25, 0.3) is 0 Å². The lowest BCUT2D eigenvalue weighted by Crippen LogP contribution is -2.15. The van der Waals surface area contributed by atoms with E-state index in [0.717, 1.165) is 41.2 Å². The standard InChI is InChI=1S/C32H17NO2S3/c34-31-19-7-1-4-10-25(19)36-29-17-22-30(16-21(29)31)37-26-14-13-18(15-20(26)32(22)35)33-23-8-2-5-11-27(23)38-28-12-6-3-9-24(28)33/h1-17H. The normalized spacial score (nSPS) is 12.8. The van der Waals surface area contributed by atoms with Crippen LogP contribution in [-0.2, 0) is 0 Å². The van der Waals surface area contributed by atoms with E-state index in [1.165, 1.54) is 9.79 Å². The first kappa shape index (κ1) is 22.1. The van der Waals surface area contributed by atoms with E-state index in [1.54, 1.807) is 34.4 Å². The molecule has 0 fully saturated rings. The van der Waals surface area contributed by atoms with E-state index in [9.17, 15) is 9.59 Å². The van der Waals surface area contributed by atoms with Crippen molar-refractivity contribution in [3.63, 3.8) is 0 Å². The molecule has 0 bridgehead atoms. The molecular weight excluding hydrogens is 527 g/mol. The van der Waals surface area contributed by atoms with Gasteiger partial charge in [-0.25, -0.2) is 0 Å². The summed E-state index contributed by atoms with van der Waals surface area (Å²) >= 11 is 4.89. The largest absolute Gasteiger partial charge is 0.308 e. The monoisotopic (exact) mass is 543 g/mol. The van der Waals surface area contributed by atoms with Crippen LogP contribution < -0.4 is 15.8 Å². The molecule has 0 radical (unpaired) electrons. The lowest BCUT2D eigenvalue weighted by Gasteiger charge is -2.32. The maximum atomic E-state index is 13.9. The second-order valence-corrected chi connectivity index (χ2v) is 12.5. The minimum Gasteiger partial charge on any atom is -0.308 e. The maximum absolute atomic E-state index is 13.9. The second kappa shape index (κ2) is 8.27. The van der Waals surface area contributed by atoms with E-state index in [2.05, 4.69) is 59.5 Å². The Morgan fingerprint density at radius 3 is 1.68 bits per heavy atom. The van der Waals surface area contributed by atoms with Crippen LogP contribution >= 0.6 is 34.4 Å². The first-order valence-corrected chi connectivity index (χ1v) is 14.6. The lowest BCUT2D eigenvalue weighted by atomic mass is 10.1. The summed E-state index contributed by atoms with van der Waals surface area (Å²) in [6, 6.07) is 34.4. The molecule has 0 saturated carbocycles. The molecule has 0 N–H and O–H groups in total. The molecule has 0 atom stereocenters. The summed E-state index contributed by atoms with van der Waals surface area (Å²) in [4.78, 5) is 31.8. The topological polar surface area (TPSA) is 37.4 Å². The van der Waals surface area contributed by atoms with Crippen LogP contribution in [0.1, 0.15) is 0 Å². The van der Waals surface area contributed by atoms with Gasteiger partial charge < -0.3 is 4.90 Å². The van der Waals surface area contributed by atoms with Gasteiger partial charge >= 0.3 is 0 Å². The minimum atomic E-state index is -0.00161. The molecule has 1 aliphatic rings. The van der Waals surface area contributed by atoms with Crippen molar-refractivity contribution < 1.29 is 0 Å². The van der Waals surface area contributed by atoms with Gasteiger partial charge in [0, 0.05) is 55.8 Å². The third-order valence-corrected chi connectivity index (χ3v) is 10.4. The zero-order chi connectivity index (χ0) is 25.4. The number of hydrogen-bond acceptors (Lipinski definition) is 6. The van der Waals surface area contributed by atoms with Gasteiger partial charge in [-0.3, -0.25) is 9.59 Å². The van der Waals surface area contributed by atoms with E-state index in [1.807, 2.05) is 48.5 Å². The Balaban J connectivity index is 1.39. The van der Waals surface area contributed by atoms with Crippen molar-refractivity contribution in [2.75, 3.05) is 4.90 Å². The van der Waals surface area contributed by atoms with Crippen molar-refractivity contribution in [1.82, 2.24) is 0 Å². The average molecular weight is 544 g/mol. The van der Waals surface area contributed by atoms with Gasteiger partial charge in [0.2, 0.25) is 0 Å². The number of para-hydroxylation sites is 2. The highest BCUT2D eigenvalue weighted by Gasteiger charge is 2.24. The number of fused-ring (bicyclic) bond motifs is 6. The van der Waals surface area contributed by atoms with Crippen LogP contribution in [0.15, 0.2) is 123 Å². The number of hydrogen-bond donors (Lipinski definition) is 0. The molecule has 5 aromatic carbocycles. The molecule has 0 aliphatic carbocycles. The smallest absolute Gasteiger partial charge is 0.195 e. The Morgan fingerprint density at radius 2 is 1.00 bits per heavy atom. The lowest BCUT2D eigenvalue weighted by molar-refractivity contribution is 1.17. The number of benzene rings is 5. The summed E-state index contributed by atoms with van der Waals surface area (Å²) in [5.74, 6) is 0. The van der Waals surface area contributed by atoms with Crippen LogP contribution in [0, 0.1) is 0 Å². The predicted octanol–water partition coefficient (Wildman–Crippen LogP) is 9.08. The highest BCUT2D eigenvalue weighted by molar-refractivity contribution is 7.99. The maximum Gasteiger partial charge on any atom is 0.195 e. The molecule has 0 saturated heterocycles. The SMILES string of the molecule is O=c1c2ccccc2sc2cc3c(=O)c4cc(N5c6ccccc6Sc6ccccc65)ccc4sc3cc12. The summed E-state index contributed by atoms with van der Waals surface area (Å²) in [5.41, 5.74) is 3.19. The summed E-state index contributed by atoms with van der Waals surface area (Å²) in [7, 11) is 0. The third kappa shape index (κ3) is 3.21. The van der Waals surface area contributed by atoms with Crippen LogP contribution in [0.25, 0.3) is 40.3 Å². The van der Waals surface area contributed by atoms with Crippen LogP contribution in [0.4, 0.5) is 17.1 Å². The zero-order valence-corrected chi connectivity index (χ0v) is 22.3. The predicted molar refractivity (Wildman–Crippen MR) is 164 cm³/mol. The molecule has 0 amide bonds. The van der Waals surface area contributed by atoms with Crippen LogP contribution in [0.3, 0.4) is 0 Å². The van der Waals surface area contributed by atoms with E-state index in [0.29, 0.717) is 16.2 Å². The summed E-state index contributed by atoms with van der Waals surface area (Å²) in [6.07, 6.45) is 0. The van der Waals surface area contributed by atoms with Crippen molar-refractivity contribution in [2.45, 2.75) is 9.79 Å². The molecule has 3 nitrogen and oxygen atoms in total. The third-order valence-electron chi connectivity index (χ3n) is 7.04. The van der Waals surface area contributed by atoms with E-state index >= 15 is 0 Å². The van der Waals surface area contributed by atoms with Crippen molar-refractivity contribution in [1.29, 1.82) is 0 Å². The molecule has 0 unspecified atom stereocenters. The van der Waals surface area contributed by atoms with Crippen LogP contribution in [-0.4, -0.2) is 0 Å². The molecule has 7 aromatic rings. The molecule has 180 valence electrons. The first-order valence-electron chi connectivity index (χ1n) is 12.2. The average Bonchev–Trinajstić information content (AvgIpc) is 2.96. The molecule has 2 aromatic heterocycles. The highest BCUT2D eigenvalue weighted by atomic mass is 32.2. The van der Waals surface area contributed by atoms with Crippen molar-refractivity contribution >= 4 is 91.8 Å². The fraction of sp³-hybridized carbons (Fsp3) is 0. The Kier molecular flexibility index (Phi) is 4.80. The van der Waals surface area contributed by atoms with Gasteiger partial charge in [-0.2, -0.15) is 0 Å². The Hall–Kier alpha value is -3.97. The Labute approximate surface area is 229 Å². The fourth-order valence-electron chi connectivity index (χ4n) is 5.26. The highest BCUT2D eigenvalue weighted by Crippen LogP contribution is 2.51. The number of anilines is 3. The molecular formula is C32H17NO2S3. The summed E-state index contributed by atoms with van der Waals surface area (Å²) in [6.45, 7) is 0. The van der Waals surface area contributed by atoms with Crippen molar-refractivity contribution in [3.05, 3.63) is 124 Å². The van der Waals surface area contributed by atoms with Gasteiger partial charge in [-0.15, -0.1) is 22.7 Å². The Bertz CT molecular complexity index is 2190. The molecule has 1 aliphatic heterocycles. The molecule has 8 rings (SSSR count). The molecule has 0 spiro atoms. The van der Waals surface area contributed by atoms with Gasteiger partial charge in [0.1, 0.15) is 0 Å². The van der Waals surface area contributed by atoms with E-state index in [4.69, 9.17) is 0 Å². The van der Waals surface area contributed by atoms with Gasteiger partial charge in [-0.05, 0) is 66.7 Å². The number of rotatable bonds is 1. The minimum absolute atomic E-state index is 0.00161. The molecule has 38 heavy (non-hydrogen) atoms. The quantitative estimate of drug-likeness (QED) is 0.194. The van der Waals surface area contributed by atoms with Gasteiger partial charge in [-0.1, -0.05) is 48.2 Å². The summed E-state index contributed by atoms with van der Waals surface area (Å²) in [5, 5.41) is 2.75.